The van der Waals surface area contributed by atoms with E-state index in [0.29, 0.717) is 29.0 Å². The number of hydrogen-bond donors (Lipinski definition) is 0. The lowest BCUT2D eigenvalue weighted by Gasteiger charge is -2.07. The maximum atomic E-state index is 11.5. The molecule has 0 N–H and O–H groups in total. The topological polar surface area (TPSA) is 34.9 Å². The van der Waals surface area contributed by atoms with Gasteiger partial charge in [-0.25, -0.2) is 4.98 Å². The Hall–Kier alpha value is -0.580. The van der Waals surface area contributed by atoms with Crippen LogP contribution in [0.25, 0.3) is 11.0 Å². The normalized spacial score (nSPS) is 13.1. The smallest absolute Gasteiger partial charge is 0.124 e. The standard InChI is InChI=1S/C12H14Cl2N2OS/c1-2-18(17)7-6-16-11(8-13)15-10-5-3-4-9(14)12(10)16/h3-5H,2,6-8H2,1H3. The maximum Gasteiger partial charge on any atom is 0.124 e. The first-order chi connectivity index (χ1) is 8.67. The largest absolute Gasteiger partial charge is 0.325 e. The predicted molar refractivity (Wildman–Crippen MR) is 77.9 cm³/mol. The van der Waals surface area contributed by atoms with E-state index in [1.807, 2.05) is 29.7 Å². The van der Waals surface area contributed by atoms with Gasteiger partial charge in [0.2, 0.25) is 0 Å². The number of aromatic nitrogens is 2. The van der Waals surface area contributed by atoms with Crippen LogP contribution in [0.5, 0.6) is 0 Å². The summed E-state index contributed by atoms with van der Waals surface area (Å²) in [6.07, 6.45) is 0. The molecule has 2 rings (SSSR count). The zero-order valence-electron chi connectivity index (χ0n) is 10.0. The molecule has 0 bridgehead atoms. The number of benzene rings is 1. The van der Waals surface area contributed by atoms with Gasteiger partial charge in [0, 0.05) is 28.9 Å². The first-order valence-corrected chi connectivity index (χ1v) is 8.12. The van der Waals surface area contributed by atoms with Crippen molar-refractivity contribution in [3.05, 3.63) is 29.0 Å². The molecule has 0 aliphatic heterocycles. The van der Waals surface area contributed by atoms with E-state index in [9.17, 15) is 4.21 Å². The van der Waals surface area contributed by atoms with Gasteiger partial charge in [0.15, 0.2) is 0 Å². The molecule has 0 saturated heterocycles. The van der Waals surface area contributed by atoms with Gasteiger partial charge in [-0.05, 0) is 12.1 Å². The molecule has 1 atom stereocenters. The molecule has 0 aliphatic rings. The quantitative estimate of drug-likeness (QED) is 0.795. The second kappa shape index (κ2) is 6.04. The summed E-state index contributed by atoms with van der Waals surface area (Å²) in [7, 11) is -0.806. The molecular weight excluding hydrogens is 291 g/mol. The van der Waals surface area contributed by atoms with Crippen molar-refractivity contribution < 1.29 is 4.21 Å². The van der Waals surface area contributed by atoms with Crippen LogP contribution in [0.3, 0.4) is 0 Å². The molecule has 18 heavy (non-hydrogen) atoms. The average molecular weight is 305 g/mol. The molecule has 2 aromatic rings. The minimum atomic E-state index is -0.806. The van der Waals surface area contributed by atoms with Gasteiger partial charge in [0.05, 0.1) is 21.9 Å². The number of para-hydroxylation sites is 1. The van der Waals surface area contributed by atoms with Crippen LogP contribution in [0, 0.1) is 0 Å². The summed E-state index contributed by atoms with van der Waals surface area (Å²) in [6, 6.07) is 5.60. The molecule has 0 aliphatic carbocycles. The maximum absolute atomic E-state index is 11.5. The summed E-state index contributed by atoms with van der Waals surface area (Å²) in [6.45, 7) is 2.54. The molecule has 1 heterocycles. The van der Waals surface area contributed by atoms with Gasteiger partial charge in [0.25, 0.3) is 0 Å². The zero-order valence-corrected chi connectivity index (χ0v) is 12.4. The fourth-order valence-electron chi connectivity index (χ4n) is 1.87. The number of hydrogen-bond acceptors (Lipinski definition) is 2. The van der Waals surface area contributed by atoms with Crippen LogP contribution in [-0.4, -0.2) is 25.3 Å². The summed E-state index contributed by atoms with van der Waals surface area (Å²) in [5.41, 5.74) is 1.71. The van der Waals surface area contributed by atoms with Crippen molar-refractivity contribution in [2.24, 2.45) is 0 Å². The van der Waals surface area contributed by atoms with E-state index in [0.717, 1.165) is 16.9 Å². The molecule has 1 aromatic carbocycles. The van der Waals surface area contributed by atoms with Crippen molar-refractivity contribution in [1.29, 1.82) is 0 Å². The third-order valence-electron chi connectivity index (χ3n) is 2.78. The van der Waals surface area contributed by atoms with Crippen molar-refractivity contribution in [3.63, 3.8) is 0 Å². The average Bonchev–Trinajstić information content (AvgIpc) is 2.75. The summed E-state index contributed by atoms with van der Waals surface area (Å²) < 4.78 is 13.5. The Bertz CT molecular complexity index is 583. The summed E-state index contributed by atoms with van der Waals surface area (Å²) in [4.78, 5) is 4.44. The Morgan fingerprint density at radius 1 is 1.44 bits per heavy atom. The Balaban J connectivity index is 2.43. The highest BCUT2D eigenvalue weighted by molar-refractivity contribution is 7.84. The Kier molecular flexibility index (Phi) is 4.65. The van der Waals surface area contributed by atoms with Gasteiger partial charge < -0.3 is 4.57 Å². The number of alkyl halides is 1. The van der Waals surface area contributed by atoms with Crippen LogP contribution in [0.15, 0.2) is 18.2 Å². The van der Waals surface area contributed by atoms with Crippen LogP contribution >= 0.6 is 23.2 Å². The van der Waals surface area contributed by atoms with Gasteiger partial charge in [-0.1, -0.05) is 24.6 Å². The van der Waals surface area contributed by atoms with E-state index in [4.69, 9.17) is 23.2 Å². The van der Waals surface area contributed by atoms with Crippen molar-refractivity contribution in [2.45, 2.75) is 19.3 Å². The fraction of sp³-hybridized carbons (Fsp3) is 0.417. The highest BCUT2D eigenvalue weighted by atomic mass is 35.5. The number of nitrogens with zero attached hydrogens (tertiary/aromatic N) is 2. The monoisotopic (exact) mass is 304 g/mol. The van der Waals surface area contributed by atoms with Gasteiger partial charge in [-0.2, -0.15) is 0 Å². The van der Waals surface area contributed by atoms with Crippen molar-refractivity contribution in [1.82, 2.24) is 9.55 Å². The first kappa shape index (κ1) is 13.8. The van der Waals surface area contributed by atoms with Crippen molar-refractivity contribution >= 4 is 45.0 Å². The number of aryl methyl sites for hydroxylation is 1. The van der Waals surface area contributed by atoms with E-state index in [1.165, 1.54) is 0 Å². The Morgan fingerprint density at radius 2 is 2.22 bits per heavy atom. The molecule has 0 saturated carbocycles. The van der Waals surface area contributed by atoms with Crippen LogP contribution in [-0.2, 0) is 23.2 Å². The van der Waals surface area contributed by atoms with Gasteiger partial charge in [-0.15, -0.1) is 11.6 Å². The van der Waals surface area contributed by atoms with Crippen molar-refractivity contribution in [3.8, 4) is 0 Å². The molecule has 6 heteroatoms. The van der Waals surface area contributed by atoms with E-state index in [1.54, 1.807) is 0 Å². The Labute approximate surface area is 119 Å². The number of imidazole rings is 1. The number of halogens is 2. The molecule has 0 radical (unpaired) electrons. The summed E-state index contributed by atoms with van der Waals surface area (Å²) >= 11 is 12.1. The minimum absolute atomic E-state index is 0.323. The van der Waals surface area contributed by atoms with E-state index >= 15 is 0 Å². The number of rotatable bonds is 5. The molecule has 3 nitrogen and oxygen atoms in total. The lowest BCUT2D eigenvalue weighted by atomic mass is 10.3. The lowest BCUT2D eigenvalue weighted by Crippen LogP contribution is -2.11. The second-order valence-corrected chi connectivity index (χ2v) is 6.39. The van der Waals surface area contributed by atoms with Crippen LogP contribution < -0.4 is 0 Å². The molecule has 0 fully saturated rings. The SMILES string of the molecule is CCS(=O)CCn1c(CCl)nc2cccc(Cl)c21. The molecular formula is C12H14Cl2N2OS. The summed E-state index contributed by atoms with van der Waals surface area (Å²) in [5.74, 6) is 2.35. The first-order valence-electron chi connectivity index (χ1n) is 5.72. The molecule has 0 spiro atoms. The highest BCUT2D eigenvalue weighted by Crippen LogP contribution is 2.25. The van der Waals surface area contributed by atoms with E-state index < -0.39 is 10.8 Å². The van der Waals surface area contributed by atoms with Crippen LogP contribution in [0.1, 0.15) is 12.7 Å². The van der Waals surface area contributed by atoms with Gasteiger partial charge in [-0.3, -0.25) is 4.21 Å². The van der Waals surface area contributed by atoms with Crippen molar-refractivity contribution in [2.75, 3.05) is 11.5 Å². The third kappa shape index (κ3) is 2.71. The number of fused-ring (bicyclic) bond motifs is 1. The minimum Gasteiger partial charge on any atom is -0.325 e. The van der Waals surface area contributed by atoms with Crippen LogP contribution in [0.4, 0.5) is 0 Å². The highest BCUT2D eigenvalue weighted by Gasteiger charge is 2.13. The van der Waals surface area contributed by atoms with Crippen LogP contribution in [0.2, 0.25) is 5.02 Å². The van der Waals surface area contributed by atoms with E-state index in [2.05, 4.69) is 4.98 Å². The van der Waals surface area contributed by atoms with Gasteiger partial charge in [0.1, 0.15) is 5.82 Å². The Morgan fingerprint density at radius 3 is 2.89 bits per heavy atom. The predicted octanol–water partition coefficient (Wildman–Crippen LogP) is 3.20. The lowest BCUT2D eigenvalue weighted by molar-refractivity contribution is 0.673. The summed E-state index contributed by atoms with van der Waals surface area (Å²) in [5, 5.41) is 0.652. The van der Waals surface area contributed by atoms with E-state index in [-0.39, 0.29) is 0 Å². The third-order valence-corrected chi connectivity index (χ3v) is 4.61. The molecule has 0 amide bonds. The van der Waals surface area contributed by atoms with Gasteiger partial charge >= 0.3 is 0 Å². The molecule has 98 valence electrons. The zero-order chi connectivity index (χ0) is 13.1. The fourth-order valence-corrected chi connectivity index (χ4v) is 3.02. The second-order valence-electron chi connectivity index (χ2n) is 3.85. The molecule has 1 unspecified atom stereocenters. The molecule has 1 aromatic heterocycles.